The minimum atomic E-state index is -0.207. The highest BCUT2D eigenvalue weighted by atomic mass is 32.1. The lowest BCUT2D eigenvalue weighted by Crippen LogP contribution is -2.31. The zero-order valence-electron chi connectivity index (χ0n) is 16.3. The van der Waals surface area contributed by atoms with E-state index in [1.54, 1.807) is 44.4 Å². The third-order valence-electron chi connectivity index (χ3n) is 4.40. The van der Waals surface area contributed by atoms with Crippen molar-refractivity contribution in [3.63, 3.8) is 0 Å². The third kappa shape index (κ3) is 3.66. The fraction of sp³-hybridized carbons (Fsp3) is 0.238. The molecule has 1 amide bonds. The van der Waals surface area contributed by atoms with Crippen LogP contribution in [0.25, 0.3) is 6.08 Å². The number of amides is 1. The normalized spacial score (nSPS) is 15.4. The Kier molecular flexibility index (Phi) is 5.84. The average Bonchev–Trinajstić information content (AvgIpc) is 2.92. The summed E-state index contributed by atoms with van der Waals surface area (Å²) in [6, 6.07) is 12.7. The number of hydrogen-bond donors (Lipinski definition) is 0. The molecular formula is C21H22N2O4S. The molecule has 6 nitrogen and oxygen atoms in total. The molecule has 0 spiro atoms. The van der Waals surface area contributed by atoms with E-state index in [9.17, 15) is 4.79 Å². The number of thiocarbonyl (C=S) groups is 1. The van der Waals surface area contributed by atoms with Crippen LogP contribution in [0.1, 0.15) is 12.5 Å². The van der Waals surface area contributed by atoms with Gasteiger partial charge in [-0.3, -0.25) is 9.69 Å². The van der Waals surface area contributed by atoms with E-state index in [1.807, 2.05) is 37.3 Å². The number of hydrogen-bond acceptors (Lipinski definition) is 5. The van der Waals surface area contributed by atoms with E-state index in [2.05, 4.69) is 0 Å². The van der Waals surface area contributed by atoms with Crippen molar-refractivity contribution in [3.8, 4) is 17.2 Å². The molecule has 28 heavy (non-hydrogen) atoms. The summed E-state index contributed by atoms with van der Waals surface area (Å²) in [7, 11) is 4.95. The Bertz CT molecular complexity index is 925. The lowest BCUT2D eigenvalue weighted by Gasteiger charge is -2.16. The van der Waals surface area contributed by atoms with E-state index >= 15 is 0 Å². The van der Waals surface area contributed by atoms with Crippen LogP contribution in [0.2, 0.25) is 0 Å². The molecule has 0 aliphatic carbocycles. The first kappa shape index (κ1) is 19.7. The maximum absolute atomic E-state index is 13.1. The smallest absolute Gasteiger partial charge is 0.281 e. The molecule has 0 unspecified atom stereocenters. The Morgan fingerprint density at radius 2 is 1.71 bits per heavy atom. The first-order chi connectivity index (χ1) is 13.5. The Labute approximate surface area is 169 Å². The summed E-state index contributed by atoms with van der Waals surface area (Å²) in [6.45, 7) is 2.50. The quantitative estimate of drug-likeness (QED) is 0.546. The zero-order chi connectivity index (χ0) is 20.3. The van der Waals surface area contributed by atoms with Gasteiger partial charge in [-0.25, -0.2) is 0 Å². The summed E-state index contributed by atoms with van der Waals surface area (Å²) in [6.07, 6.45) is 1.75. The molecule has 1 heterocycles. The first-order valence-electron chi connectivity index (χ1n) is 8.78. The molecule has 0 N–H and O–H groups in total. The second-order valence-electron chi connectivity index (χ2n) is 6.05. The topological polar surface area (TPSA) is 51.2 Å². The molecule has 0 saturated carbocycles. The van der Waals surface area contributed by atoms with E-state index in [0.717, 1.165) is 11.3 Å². The van der Waals surface area contributed by atoms with Crippen molar-refractivity contribution in [2.75, 3.05) is 32.8 Å². The van der Waals surface area contributed by atoms with Gasteiger partial charge in [0.2, 0.25) is 0 Å². The highest BCUT2D eigenvalue weighted by Crippen LogP contribution is 2.32. The number of methoxy groups -OCH3 is 2. The highest BCUT2D eigenvalue weighted by Gasteiger charge is 2.37. The molecule has 146 valence electrons. The van der Waals surface area contributed by atoms with Crippen molar-refractivity contribution in [1.82, 2.24) is 4.90 Å². The summed E-state index contributed by atoms with van der Waals surface area (Å²) in [5.74, 6) is 1.85. The lowest BCUT2D eigenvalue weighted by molar-refractivity contribution is -0.114. The van der Waals surface area contributed by atoms with Gasteiger partial charge in [-0.15, -0.1) is 0 Å². The number of nitrogens with zero attached hydrogens (tertiary/aromatic N) is 2. The van der Waals surface area contributed by atoms with Gasteiger partial charge < -0.3 is 19.1 Å². The molecule has 1 saturated heterocycles. The van der Waals surface area contributed by atoms with E-state index in [0.29, 0.717) is 34.6 Å². The van der Waals surface area contributed by atoms with Crippen molar-refractivity contribution in [1.29, 1.82) is 0 Å². The van der Waals surface area contributed by atoms with Crippen LogP contribution in [0.3, 0.4) is 0 Å². The molecule has 1 aliphatic rings. The predicted molar refractivity (Wildman–Crippen MR) is 113 cm³/mol. The summed E-state index contributed by atoms with van der Waals surface area (Å²) < 4.78 is 16.2. The summed E-state index contributed by atoms with van der Waals surface area (Å²) in [5.41, 5.74) is 1.87. The molecule has 7 heteroatoms. The summed E-state index contributed by atoms with van der Waals surface area (Å²) in [4.78, 5) is 16.3. The number of carbonyl (C=O) groups excluding carboxylic acids is 1. The lowest BCUT2D eigenvalue weighted by atomic mass is 10.1. The molecule has 2 aromatic carbocycles. The fourth-order valence-corrected chi connectivity index (χ4v) is 3.23. The van der Waals surface area contributed by atoms with Crippen LogP contribution in [-0.4, -0.2) is 43.8 Å². The zero-order valence-corrected chi connectivity index (χ0v) is 17.1. The van der Waals surface area contributed by atoms with Gasteiger partial charge in [-0.05, 0) is 67.7 Å². The minimum absolute atomic E-state index is 0.207. The van der Waals surface area contributed by atoms with Crippen molar-refractivity contribution in [2.45, 2.75) is 6.92 Å². The van der Waals surface area contributed by atoms with Crippen molar-refractivity contribution >= 4 is 35.0 Å². The number of ether oxygens (including phenoxy) is 3. The summed E-state index contributed by atoms with van der Waals surface area (Å²) in [5, 5.41) is 0.405. The van der Waals surface area contributed by atoms with E-state index in [4.69, 9.17) is 26.4 Å². The van der Waals surface area contributed by atoms with Gasteiger partial charge in [0.25, 0.3) is 5.91 Å². The molecule has 1 fully saturated rings. The van der Waals surface area contributed by atoms with Gasteiger partial charge in [-0.2, -0.15) is 0 Å². The van der Waals surface area contributed by atoms with E-state index in [-0.39, 0.29) is 5.91 Å². The molecule has 2 aromatic rings. The second kappa shape index (κ2) is 8.31. The van der Waals surface area contributed by atoms with Crippen LogP contribution in [0.15, 0.2) is 48.2 Å². The van der Waals surface area contributed by atoms with Crippen LogP contribution >= 0.6 is 12.2 Å². The first-order valence-corrected chi connectivity index (χ1v) is 9.19. The standard InChI is InChI=1S/C21H22N2O4S/c1-5-27-16-8-6-15(7-9-16)23-20(24)18(22(2)21(23)28)13-14-12-17(25-3)10-11-19(14)26-4/h6-13H,5H2,1-4H3/b18-13-. The molecule has 0 radical (unpaired) electrons. The number of carbonyl (C=O) groups is 1. The van der Waals surface area contributed by atoms with Crippen LogP contribution in [0.5, 0.6) is 17.2 Å². The molecule has 0 atom stereocenters. The van der Waals surface area contributed by atoms with Crippen molar-refractivity contribution in [2.24, 2.45) is 0 Å². The Hall–Kier alpha value is -3.06. The number of likely N-dealkylation sites (N-methyl/N-ethyl adjacent to an activating group) is 1. The summed E-state index contributed by atoms with van der Waals surface area (Å²) >= 11 is 5.51. The SMILES string of the molecule is CCOc1ccc(N2C(=O)/C(=C/c3cc(OC)ccc3OC)N(C)C2=S)cc1. The van der Waals surface area contributed by atoms with Gasteiger partial charge >= 0.3 is 0 Å². The van der Waals surface area contributed by atoms with Gasteiger partial charge in [0.1, 0.15) is 22.9 Å². The highest BCUT2D eigenvalue weighted by molar-refractivity contribution is 7.80. The van der Waals surface area contributed by atoms with Gasteiger partial charge in [0.15, 0.2) is 5.11 Å². The number of rotatable bonds is 6. The second-order valence-corrected chi connectivity index (χ2v) is 6.41. The van der Waals surface area contributed by atoms with Crippen molar-refractivity contribution < 1.29 is 19.0 Å². The molecular weight excluding hydrogens is 376 g/mol. The van der Waals surface area contributed by atoms with Crippen LogP contribution < -0.4 is 19.1 Å². The number of anilines is 1. The van der Waals surface area contributed by atoms with Crippen LogP contribution in [-0.2, 0) is 4.79 Å². The molecule has 0 bridgehead atoms. The maximum Gasteiger partial charge on any atom is 0.281 e. The third-order valence-corrected chi connectivity index (χ3v) is 4.85. The van der Waals surface area contributed by atoms with Crippen molar-refractivity contribution in [3.05, 3.63) is 53.7 Å². The Morgan fingerprint density at radius 1 is 1.04 bits per heavy atom. The van der Waals surface area contributed by atoms with Gasteiger partial charge in [0.05, 0.1) is 26.5 Å². The molecule has 1 aliphatic heterocycles. The molecule has 0 aromatic heterocycles. The Balaban J connectivity index is 1.97. The van der Waals surface area contributed by atoms with E-state index in [1.165, 1.54) is 4.90 Å². The molecule has 3 rings (SSSR count). The predicted octanol–water partition coefficient (Wildman–Crippen LogP) is 3.71. The van der Waals surface area contributed by atoms with Crippen LogP contribution in [0, 0.1) is 0 Å². The van der Waals surface area contributed by atoms with Gasteiger partial charge in [0, 0.05) is 12.6 Å². The number of benzene rings is 2. The monoisotopic (exact) mass is 398 g/mol. The maximum atomic E-state index is 13.1. The Morgan fingerprint density at radius 3 is 2.32 bits per heavy atom. The average molecular weight is 398 g/mol. The van der Waals surface area contributed by atoms with E-state index < -0.39 is 0 Å². The largest absolute Gasteiger partial charge is 0.497 e. The van der Waals surface area contributed by atoms with Gasteiger partial charge in [-0.1, -0.05) is 0 Å². The fourth-order valence-electron chi connectivity index (χ4n) is 2.94. The van der Waals surface area contributed by atoms with Crippen LogP contribution in [0.4, 0.5) is 5.69 Å². The minimum Gasteiger partial charge on any atom is -0.497 e.